The summed E-state index contributed by atoms with van der Waals surface area (Å²) in [6.45, 7) is 5.52. The molecule has 2 aliphatic heterocycles. The van der Waals surface area contributed by atoms with Gasteiger partial charge in [-0.2, -0.15) is 0 Å². The molecule has 0 aliphatic carbocycles. The van der Waals surface area contributed by atoms with E-state index in [1.165, 1.54) is 13.2 Å². The fourth-order valence-corrected chi connectivity index (χ4v) is 5.34. The molecular formula is C19H24FN5O4S. The molecule has 3 heterocycles. The Hall–Kier alpha value is -2.79. The molecule has 2 aliphatic rings. The SMILES string of the molecule is COc1ccc(F)c(S(=O)(=O)c2c(N)[nH]c3c2NC(C)N=C3N2CCOC(C)C2)c1. The van der Waals surface area contributed by atoms with Gasteiger partial charge in [0.2, 0.25) is 9.84 Å². The van der Waals surface area contributed by atoms with E-state index >= 15 is 0 Å². The molecule has 4 N–H and O–H groups in total. The van der Waals surface area contributed by atoms with E-state index in [1.807, 2.05) is 11.8 Å². The van der Waals surface area contributed by atoms with Crippen molar-refractivity contribution in [1.82, 2.24) is 9.88 Å². The molecule has 2 aromatic rings. The number of nitrogens with one attached hydrogen (secondary N) is 2. The maximum absolute atomic E-state index is 14.5. The number of amidine groups is 1. The molecule has 11 heteroatoms. The van der Waals surface area contributed by atoms with E-state index in [1.54, 1.807) is 6.92 Å². The zero-order chi connectivity index (χ0) is 21.6. The number of anilines is 2. The molecule has 2 atom stereocenters. The van der Waals surface area contributed by atoms with Crippen molar-refractivity contribution >= 4 is 27.2 Å². The predicted octanol–water partition coefficient (Wildman–Crippen LogP) is 1.82. The van der Waals surface area contributed by atoms with Crippen molar-refractivity contribution < 1.29 is 22.3 Å². The first-order valence-corrected chi connectivity index (χ1v) is 11.0. The first kappa shape index (κ1) is 20.5. The number of morpholine rings is 1. The lowest BCUT2D eigenvalue weighted by molar-refractivity contribution is 0.00575. The summed E-state index contributed by atoms with van der Waals surface area (Å²) < 4.78 is 52.0. The Kier molecular flexibility index (Phi) is 5.10. The van der Waals surface area contributed by atoms with Gasteiger partial charge in [-0.05, 0) is 26.0 Å². The van der Waals surface area contributed by atoms with Crippen LogP contribution in [0.2, 0.25) is 0 Å². The maximum Gasteiger partial charge on any atom is 0.215 e. The number of nitrogens with zero attached hydrogens (tertiary/aromatic N) is 2. The second-order valence-electron chi connectivity index (χ2n) is 7.32. The van der Waals surface area contributed by atoms with Crippen LogP contribution in [0, 0.1) is 5.82 Å². The molecule has 2 unspecified atom stereocenters. The lowest BCUT2D eigenvalue weighted by atomic mass is 10.2. The molecule has 9 nitrogen and oxygen atoms in total. The first-order chi connectivity index (χ1) is 14.2. The third-order valence-electron chi connectivity index (χ3n) is 5.11. The number of hydrogen-bond acceptors (Lipinski definition) is 8. The number of benzene rings is 1. The van der Waals surface area contributed by atoms with Gasteiger partial charge >= 0.3 is 0 Å². The summed E-state index contributed by atoms with van der Waals surface area (Å²) in [4.78, 5) is 8.90. The average molecular weight is 437 g/mol. The molecule has 0 bridgehead atoms. The Bertz CT molecular complexity index is 1110. The van der Waals surface area contributed by atoms with Crippen LogP contribution in [0.4, 0.5) is 15.9 Å². The molecule has 1 fully saturated rings. The number of ether oxygens (including phenoxy) is 2. The van der Waals surface area contributed by atoms with Gasteiger partial charge in [0.25, 0.3) is 0 Å². The zero-order valence-corrected chi connectivity index (χ0v) is 17.7. The number of halogens is 1. The topological polar surface area (TPSA) is 122 Å². The largest absolute Gasteiger partial charge is 0.497 e. The lowest BCUT2D eigenvalue weighted by Gasteiger charge is -2.35. The highest BCUT2D eigenvalue weighted by Gasteiger charge is 2.36. The molecule has 0 amide bonds. The van der Waals surface area contributed by atoms with Gasteiger partial charge in [-0.3, -0.25) is 0 Å². The smallest absolute Gasteiger partial charge is 0.215 e. The molecular weight excluding hydrogens is 413 g/mol. The van der Waals surface area contributed by atoms with E-state index in [-0.39, 0.29) is 28.3 Å². The molecule has 30 heavy (non-hydrogen) atoms. The fraction of sp³-hybridized carbons (Fsp3) is 0.421. The minimum absolute atomic E-state index is 0.0106. The van der Waals surface area contributed by atoms with Crippen LogP contribution in [0.25, 0.3) is 0 Å². The molecule has 0 spiro atoms. The number of hydrogen-bond donors (Lipinski definition) is 3. The summed E-state index contributed by atoms with van der Waals surface area (Å²) in [5.41, 5.74) is 6.85. The van der Waals surface area contributed by atoms with Gasteiger partial charge in [-0.15, -0.1) is 0 Å². The quantitative estimate of drug-likeness (QED) is 0.669. The van der Waals surface area contributed by atoms with Crippen molar-refractivity contribution in [1.29, 1.82) is 0 Å². The molecule has 0 radical (unpaired) electrons. The number of nitrogen functional groups attached to an aromatic ring is 1. The van der Waals surface area contributed by atoms with Crippen LogP contribution in [-0.2, 0) is 14.6 Å². The average Bonchev–Trinajstić information content (AvgIpc) is 3.03. The Morgan fingerprint density at radius 1 is 1.37 bits per heavy atom. The first-order valence-electron chi connectivity index (χ1n) is 9.53. The second kappa shape index (κ2) is 7.47. The van der Waals surface area contributed by atoms with Gasteiger partial charge in [-0.25, -0.2) is 17.8 Å². The predicted molar refractivity (Wildman–Crippen MR) is 110 cm³/mol. The van der Waals surface area contributed by atoms with Gasteiger partial charge in [0, 0.05) is 19.2 Å². The Balaban J connectivity index is 1.84. The Labute approximate surface area is 174 Å². The molecule has 4 rings (SSSR count). The number of nitrogens with two attached hydrogens (primary N) is 1. The monoisotopic (exact) mass is 437 g/mol. The number of aromatic amines is 1. The number of methoxy groups -OCH3 is 1. The Morgan fingerprint density at radius 3 is 2.83 bits per heavy atom. The van der Waals surface area contributed by atoms with Gasteiger partial charge < -0.3 is 30.4 Å². The van der Waals surface area contributed by atoms with E-state index < -0.39 is 26.7 Å². The van der Waals surface area contributed by atoms with Gasteiger partial charge in [0.1, 0.15) is 39.0 Å². The Morgan fingerprint density at radius 2 is 2.13 bits per heavy atom. The van der Waals surface area contributed by atoms with E-state index in [0.717, 1.165) is 12.1 Å². The van der Waals surface area contributed by atoms with E-state index in [4.69, 9.17) is 15.2 Å². The summed E-state index contributed by atoms with van der Waals surface area (Å²) in [7, 11) is -2.91. The van der Waals surface area contributed by atoms with Gasteiger partial charge in [-0.1, -0.05) is 0 Å². The highest BCUT2D eigenvalue weighted by molar-refractivity contribution is 7.91. The summed E-state index contributed by atoms with van der Waals surface area (Å²) in [6.07, 6.45) is -0.388. The summed E-state index contributed by atoms with van der Waals surface area (Å²) >= 11 is 0. The van der Waals surface area contributed by atoms with Crippen LogP contribution in [0.5, 0.6) is 5.75 Å². The second-order valence-corrected chi connectivity index (χ2v) is 9.17. The fourth-order valence-electron chi connectivity index (χ4n) is 3.75. The number of aliphatic imine (C=N–C) groups is 1. The van der Waals surface area contributed by atoms with Crippen molar-refractivity contribution in [2.45, 2.75) is 35.9 Å². The standard InChI is InChI=1S/C19H24FN5O4S/c1-10-9-25(6-7-29-10)19-16-15(22-11(2)23-19)17(18(21)24-16)30(26,27)14-8-12(28-3)4-5-13(14)20/h4-5,8,10-11,22,24H,6-7,9,21H2,1-3H3. The molecule has 1 aromatic carbocycles. The van der Waals surface area contributed by atoms with E-state index in [2.05, 4.69) is 15.3 Å². The molecule has 0 saturated carbocycles. The van der Waals surface area contributed by atoms with Gasteiger partial charge in [0.15, 0.2) is 5.84 Å². The van der Waals surface area contributed by atoms with Crippen molar-refractivity contribution in [3.05, 3.63) is 29.7 Å². The number of sulfone groups is 1. The van der Waals surface area contributed by atoms with Crippen molar-refractivity contribution in [2.75, 3.05) is 37.9 Å². The van der Waals surface area contributed by atoms with Crippen LogP contribution in [-0.4, -0.2) is 63.2 Å². The molecule has 1 aromatic heterocycles. The number of H-pyrrole nitrogens is 1. The number of rotatable bonds is 3. The zero-order valence-electron chi connectivity index (χ0n) is 16.9. The maximum atomic E-state index is 14.5. The van der Waals surface area contributed by atoms with Gasteiger partial charge in [0.05, 0.1) is 25.5 Å². The summed E-state index contributed by atoms with van der Waals surface area (Å²) in [5.74, 6) is -0.141. The normalized spacial score (nSPS) is 21.6. The van der Waals surface area contributed by atoms with Crippen LogP contribution in [0.1, 0.15) is 19.5 Å². The minimum Gasteiger partial charge on any atom is -0.497 e. The van der Waals surface area contributed by atoms with Crippen LogP contribution >= 0.6 is 0 Å². The number of fused-ring (bicyclic) bond motifs is 1. The van der Waals surface area contributed by atoms with Crippen LogP contribution < -0.4 is 15.8 Å². The highest BCUT2D eigenvalue weighted by atomic mass is 32.2. The van der Waals surface area contributed by atoms with Crippen LogP contribution in [0.3, 0.4) is 0 Å². The van der Waals surface area contributed by atoms with Crippen molar-refractivity contribution in [2.24, 2.45) is 4.99 Å². The third-order valence-corrected chi connectivity index (χ3v) is 6.96. The third kappa shape index (κ3) is 3.37. The lowest BCUT2D eigenvalue weighted by Crippen LogP contribution is -2.46. The molecule has 1 saturated heterocycles. The minimum atomic E-state index is -4.29. The molecule has 162 valence electrons. The van der Waals surface area contributed by atoms with E-state index in [0.29, 0.717) is 31.2 Å². The highest BCUT2D eigenvalue weighted by Crippen LogP contribution is 2.40. The van der Waals surface area contributed by atoms with E-state index in [9.17, 15) is 12.8 Å². The van der Waals surface area contributed by atoms with Crippen LogP contribution in [0.15, 0.2) is 33.0 Å². The summed E-state index contributed by atoms with van der Waals surface area (Å²) in [5, 5.41) is 3.06. The summed E-state index contributed by atoms with van der Waals surface area (Å²) in [6, 6.07) is 3.56. The van der Waals surface area contributed by atoms with Crippen molar-refractivity contribution in [3.63, 3.8) is 0 Å². The number of aromatic nitrogens is 1. The van der Waals surface area contributed by atoms with Crippen molar-refractivity contribution in [3.8, 4) is 5.75 Å².